The number of hydrogen-bond acceptors (Lipinski definition) is 1. The monoisotopic (exact) mass is 258 g/mol. The Labute approximate surface area is 110 Å². The van der Waals surface area contributed by atoms with Gasteiger partial charge in [0.1, 0.15) is 0 Å². The van der Waals surface area contributed by atoms with Gasteiger partial charge >= 0.3 is 0 Å². The first-order valence-corrected chi connectivity index (χ1v) is 4.76. The van der Waals surface area contributed by atoms with Crippen molar-refractivity contribution >= 4 is 0 Å². The Balaban J connectivity index is 0. The van der Waals surface area contributed by atoms with Gasteiger partial charge in [-0.15, -0.1) is 6.04 Å². The fourth-order valence-corrected chi connectivity index (χ4v) is 1.13. The molecule has 0 unspecified atom stereocenters. The van der Waals surface area contributed by atoms with Gasteiger partial charge in [0.05, 0.1) is 0 Å². The Kier molecular flexibility index (Phi) is 9.35. The third-order valence-corrected chi connectivity index (χ3v) is 2.69. The van der Waals surface area contributed by atoms with Crippen LogP contribution in [0.4, 0.5) is 0 Å². The van der Waals surface area contributed by atoms with Crippen LogP contribution in [0.1, 0.15) is 27.7 Å². The van der Waals surface area contributed by atoms with Crippen LogP contribution in [0.25, 0.3) is 0 Å². The molecule has 0 rings (SSSR count). The van der Waals surface area contributed by atoms with Crippen LogP contribution in [0, 0.1) is 25.7 Å². The van der Waals surface area contributed by atoms with Gasteiger partial charge in [-0.1, -0.05) is 19.8 Å². The van der Waals surface area contributed by atoms with Crippen LogP contribution in [0.3, 0.4) is 0 Å². The van der Waals surface area contributed by atoms with E-state index in [2.05, 4.69) is 53.5 Å². The summed E-state index contributed by atoms with van der Waals surface area (Å²) in [5.41, 5.74) is 0. The molecule has 0 spiro atoms. The number of nitrogens with zero attached hydrogens (tertiary/aromatic N) is 1. The van der Waals surface area contributed by atoms with Gasteiger partial charge in [-0.3, -0.25) is 0 Å². The van der Waals surface area contributed by atoms with E-state index in [-0.39, 0.29) is 32.7 Å². The molecule has 0 fully saturated rings. The average Bonchev–Trinajstić information content (AvgIpc) is 2.00. The summed E-state index contributed by atoms with van der Waals surface area (Å²) in [7, 11) is 2.11. The van der Waals surface area contributed by atoms with Crippen molar-refractivity contribution in [2.45, 2.75) is 39.8 Å². The molecule has 2 atom stereocenters. The van der Waals surface area contributed by atoms with Gasteiger partial charge in [0, 0.05) is 38.8 Å². The molecule has 0 aliphatic carbocycles. The zero-order chi connectivity index (χ0) is 9.89. The zero-order valence-electron chi connectivity index (χ0n) is 9.75. The van der Waals surface area contributed by atoms with E-state index >= 15 is 0 Å². The SMILES string of the molecule is [CH2-][C@H](C(C)C)[C@@H]([CH2-])N(C)C(C)C.[Y]. The van der Waals surface area contributed by atoms with E-state index in [1.54, 1.807) is 0 Å². The Morgan fingerprint density at radius 3 is 1.62 bits per heavy atom. The summed E-state index contributed by atoms with van der Waals surface area (Å²) in [5, 5.41) is 0. The molecule has 0 heterocycles. The maximum Gasteiger partial charge on any atom is 0.000895 e. The van der Waals surface area contributed by atoms with E-state index < -0.39 is 0 Å². The van der Waals surface area contributed by atoms with Gasteiger partial charge in [-0.25, -0.2) is 0 Å². The summed E-state index contributed by atoms with van der Waals surface area (Å²) in [5.74, 6) is 1.02. The second kappa shape index (κ2) is 7.37. The molecule has 0 N–H and O–H groups in total. The number of hydrogen-bond donors (Lipinski definition) is 0. The van der Waals surface area contributed by atoms with Gasteiger partial charge in [-0.2, -0.15) is 5.92 Å². The minimum absolute atomic E-state index is 0. The number of rotatable bonds is 4. The Hall–Kier alpha value is 1.06. The maximum atomic E-state index is 4.14. The topological polar surface area (TPSA) is 3.24 Å². The fourth-order valence-electron chi connectivity index (χ4n) is 1.13. The molecule has 0 aliphatic heterocycles. The molecular formula is C11H23NY-2. The quantitative estimate of drug-likeness (QED) is 0.701. The van der Waals surface area contributed by atoms with Gasteiger partial charge < -0.3 is 18.7 Å². The fraction of sp³-hybridized carbons (Fsp3) is 0.818. The molecule has 0 aromatic heterocycles. The summed E-state index contributed by atoms with van der Waals surface area (Å²) < 4.78 is 0. The van der Waals surface area contributed by atoms with Crippen molar-refractivity contribution in [3.05, 3.63) is 13.8 Å². The van der Waals surface area contributed by atoms with Gasteiger partial charge in [0.25, 0.3) is 0 Å². The van der Waals surface area contributed by atoms with Crippen LogP contribution < -0.4 is 0 Å². The van der Waals surface area contributed by atoms with Crippen LogP contribution in [-0.4, -0.2) is 24.0 Å². The van der Waals surface area contributed by atoms with Crippen molar-refractivity contribution < 1.29 is 32.7 Å². The van der Waals surface area contributed by atoms with Crippen LogP contribution in [0.2, 0.25) is 0 Å². The molecule has 1 radical (unpaired) electrons. The molecule has 0 aliphatic rings. The van der Waals surface area contributed by atoms with Crippen LogP contribution in [0.5, 0.6) is 0 Å². The first kappa shape index (κ1) is 16.5. The molecule has 0 saturated heterocycles. The Morgan fingerprint density at radius 1 is 1.00 bits per heavy atom. The molecule has 0 saturated carbocycles. The van der Waals surface area contributed by atoms with Crippen molar-refractivity contribution in [1.29, 1.82) is 0 Å². The van der Waals surface area contributed by atoms with E-state index in [1.165, 1.54) is 0 Å². The molecule has 0 amide bonds. The summed E-state index contributed by atoms with van der Waals surface area (Å²) >= 11 is 0. The smallest absolute Gasteiger partial charge is 0.000895 e. The van der Waals surface area contributed by atoms with Crippen molar-refractivity contribution in [1.82, 2.24) is 4.90 Å². The van der Waals surface area contributed by atoms with Gasteiger partial charge in [0.15, 0.2) is 0 Å². The zero-order valence-corrected chi connectivity index (χ0v) is 12.6. The minimum atomic E-state index is 0. The summed E-state index contributed by atoms with van der Waals surface area (Å²) in [6.45, 7) is 17.0. The second-order valence-electron chi connectivity index (χ2n) is 4.23. The summed E-state index contributed by atoms with van der Waals surface area (Å²) in [4.78, 5) is 2.28. The van der Waals surface area contributed by atoms with E-state index in [0.717, 1.165) is 0 Å². The maximum absolute atomic E-state index is 4.14. The first-order chi connectivity index (χ1) is 5.37. The van der Waals surface area contributed by atoms with E-state index in [4.69, 9.17) is 0 Å². The summed E-state index contributed by atoms with van der Waals surface area (Å²) in [6, 6.07) is 0.875. The third kappa shape index (κ3) is 5.49. The normalized spacial score (nSPS) is 16.2. The Bertz CT molecular complexity index is 109. The van der Waals surface area contributed by atoms with Crippen molar-refractivity contribution in [3.63, 3.8) is 0 Å². The van der Waals surface area contributed by atoms with Crippen molar-refractivity contribution in [2.75, 3.05) is 7.05 Å². The molecule has 1 nitrogen and oxygen atoms in total. The van der Waals surface area contributed by atoms with Crippen molar-refractivity contribution in [3.8, 4) is 0 Å². The average molecular weight is 258 g/mol. The van der Waals surface area contributed by atoms with Gasteiger partial charge in [-0.05, 0) is 20.9 Å². The summed E-state index contributed by atoms with van der Waals surface area (Å²) in [6.07, 6.45) is 0. The van der Waals surface area contributed by atoms with Crippen LogP contribution in [-0.2, 0) is 32.7 Å². The second-order valence-corrected chi connectivity index (χ2v) is 4.23. The van der Waals surface area contributed by atoms with Gasteiger partial charge in [0.2, 0.25) is 0 Å². The minimum Gasteiger partial charge on any atom is -0.341 e. The first-order valence-electron chi connectivity index (χ1n) is 4.76. The molecular weight excluding hydrogens is 235 g/mol. The molecule has 2 heteroatoms. The Morgan fingerprint density at radius 2 is 1.38 bits per heavy atom. The largest absolute Gasteiger partial charge is 0.341 e. The molecule has 0 aromatic rings. The molecule has 13 heavy (non-hydrogen) atoms. The van der Waals surface area contributed by atoms with E-state index in [9.17, 15) is 0 Å². The van der Waals surface area contributed by atoms with Crippen LogP contribution >= 0.6 is 0 Å². The van der Waals surface area contributed by atoms with Crippen molar-refractivity contribution in [2.24, 2.45) is 11.8 Å². The third-order valence-electron chi connectivity index (χ3n) is 2.69. The predicted octanol–water partition coefficient (Wildman–Crippen LogP) is 2.63. The standard InChI is InChI=1S/C11H23N.Y/c1-8(2)10(5)11(6)12(7)9(3)4;/h8-11H,5-6H2,1-4,7H3;/q-2;/t10-,11-;/m1./s1. The molecule has 0 bridgehead atoms. The molecule has 77 valence electrons. The van der Waals surface area contributed by atoms with E-state index in [0.29, 0.717) is 23.9 Å². The van der Waals surface area contributed by atoms with Crippen LogP contribution in [0.15, 0.2) is 0 Å². The van der Waals surface area contributed by atoms with E-state index in [1.807, 2.05) is 0 Å². The molecule has 0 aromatic carbocycles. The predicted molar refractivity (Wildman–Crippen MR) is 55.7 cm³/mol.